The molecule has 0 aromatic heterocycles. The fraction of sp³-hybridized carbons (Fsp3) is 0.438. The molecule has 0 saturated carbocycles. The smallest absolute Gasteiger partial charge is 0.254 e. The number of nitrogens with zero attached hydrogens (tertiary/aromatic N) is 3. The second-order valence-electron chi connectivity index (χ2n) is 5.65. The summed E-state index contributed by atoms with van der Waals surface area (Å²) in [6.45, 7) is 0.618. The first-order valence-corrected chi connectivity index (χ1v) is 7.29. The van der Waals surface area contributed by atoms with E-state index in [0.717, 1.165) is 12.8 Å². The molecule has 1 fully saturated rings. The molecular formula is C16H19N3O2. The first-order valence-electron chi connectivity index (χ1n) is 7.29. The van der Waals surface area contributed by atoms with Crippen LogP contribution in [0.1, 0.15) is 18.4 Å². The van der Waals surface area contributed by atoms with Crippen LogP contribution in [0.15, 0.2) is 35.4 Å². The van der Waals surface area contributed by atoms with Gasteiger partial charge in [0.05, 0.1) is 6.04 Å². The molecule has 1 saturated heterocycles. The fourth-order valence-electron chi connectivity index (χ4n) is 3.01. The van der Waals surface area contributed by atoms with Crippen molar-refractivity contribution in [3.8, 4) is 0 Å². The minimum Gasteiger partial charge on any atom is -0.341 e. The topological polar surface area (TPSA) is 53.0 Å². The van der Waals surface area contributed by atoms with E-state index < -0.39 is 6.04 Å². The number of amides is 1. The van der Waals surface area contributed by atoms with Crippen LogP contribution in [0.2, 0.25) is 0 Å². The number of ketones is 1. The van der Waals surface area contributed by atoms with Crippen LogP contribution in [-0.2, 0) is 16.0 Å². The van der Waals surface area contributed by atoms with Crippen LogP contribution in [0.4, 0.5) is 0 Å². The molecule has 0 spiro atoms. The van der Waals surface area contributed by atoms with Crippen LogP contribution in [0, 0.1) is 0 Å². The number of benzene rings is 1. The second-order valence-corrected chi connectivity index (χ2v) is 5.65. The Morgan fingerprint density at radius 3 is 2.76 bits per heavy atom. The van der Waals surface area contributed by atoms with Crippen LogP contribution in [0.5, 0.6) is 0 Å². The molecule has 0 N–H and O–H groups in total. The average molecular weight is 285 g/mol. The van der Waals surface area contributed by atoms with Gasteiger partial charge in [0.15, 0.2) is 11.8 Å². The highest BCUT2D eigenvalue weighted by molar-refractivity contribution is 6.10. The summed E-state index contributed by atoms with van der Waals surface area (Å²) >= 11 is 0. The summed E-state index contributed by atoms with van der Waals surface area (Å²) in [6, 6.07) is 9.63. The molecule has 1 aromatic rings. The largest absolute Gasteiger partial charge is 0.341 e. The molecule has 0 aliphatic carbocycles. The van der Waals surface area contributed by atoms with Gasteiger partial charge >= 0.3 is 0 Å². The van der Waals surface area contributed by atoms with E-state index in [1.54, 1.807) is 23.2 Å². The maximum atomic E-state index is 12.2. The number of hydrogen-bond acceptors (Lipinski definition) is 4. The zero-order chi connectivity index (χ0) is 14.8. The van der Waals surface area contributed by atoms with Gasteiger partial charge in [-0.2, -0.15) is 5.10 Å². The number of aryl methyl sites for hydroxylation is 1. The molecule has 21 heavy (non-hydrogen) atoms. The predicted molar refractivity (Wildman–Crippen MR) is 79.9 cm³/mol. The van der Waals surface area contributed by atoms with Crippen molar-refractivity contribution in [1.29, 1.82) is 0 Å². The fourth-order valence-corrected chi connectivity index (χ4v) is 3.01. The van der Waals surface area contributed by atoms with Crippen LogP contribution in [-0.4, -0.2) is 53.5 Å². The summed E-state index contributed by atoms with van der Waals surface area (Å²) in [5.41, 5.74) is 1.26. The molecule has 0 radical (unpaired) electrons. The van der Waals surface area contributed by atoms with Gasteiger partial charge in [-0.05, 0) is 18.4 Å². The molecule has 0 bridgehead atoms. The highest BCUT2D eigenvalue weighted by Gasteiger charge is 2.43. The van der Waals surface area contributed by atoms with Gasteiger partial charge in [-0.3, -0.25) is 14.6 Å². The van der Waals surface area contributed by atoms with E-state index in [9.17, 15) is 9.59 Å². The van der Waals surface area contributed by atoms with E-state index in [0.29, 0.717) is 6.54 Å². The number of likely N-dealkylation sites (N-methyl/N-ethyl adjacent to an activating group) is 1. The van der Waals surface area contributed by atoms with Crippen LogP contribution in [0.3, 0.4) is 0 Å². The summed E-state index contributed by atoms with van der Waals surface area (Å²) in [5.74, 6) is -0.181. The number of hydrazone groups is 1. The Morgan fingerprint density at radius 2 is 2.00 bits per heavy atom. The summed E-state index contributed by atoms with van der Waals surface area (Å²) < 4.78 is 0. The third-order valence-electron chi connectivity index (χ3n) is 4.15. The van der Waals surface area contributed by atoms with Gasteiger partial charge in [-0.1, -0.05) is 30.3 Å². The van der Waals surface area contributed by atoms with Crippen molar-refractivity contribution >= 4 is 17.9 Å². The third kappa shape index (κ3) is 2.68. The van der Waals surface area contributed by atoms with Gasteiger partial charge in [0.2, 0.25) is 0 Å². The van der Waals surface area contributed by atoms with Crippen LogP contribution < -0.4 is 0 Å². The SMILES string of the molecule is CN1CC(CCc2ccccc2)N2N=CCC(=O)C2C1=O. The molecule has 5 heteroatoms. The maximum absolute atomic E-state index is 12.2. The second kappa shape index (κ2) is 5.68. The number of fused-ring (bicyclic) bond motifs is 1. The molecule has 2 heterocycles. The first-order chi connectivity index (χ1) is 10.2. The van der Waals surface area contributed by atoms with Crippen molar-refractivity contribution < 1.29 is 9.59 Å². The molecule has 3 rings (SSSR count). The zero-order valence-corrected chi connectivity index (χ0v) is 12.1. The lowest BCUT2D eigenvalue weighted by atomic mass is 9.97. The number of piperazine rings is 1. The summed E-state index contributed by atoms with van der Waals surface area (Å²) in [5, 5.41) is 6.04. The van der Waals surface area contributed by atoms with E-state index in [2.05, 4.69) is 17.2 Å². The Kier molecular flexibility index (Phi) is 3.73. The van der Waals surface area contributed by atoms with Gasteiger partial charge in [0.25, 0.3) is 5.91 Å². The van der Waals surface area contributed by atoms with Gasteiger partial charge in [-0.15, -0.1) is 0 Å². The van der Waals surface area contributed by atoms with E-state index >= 15 is 0 Å². The molecule has 110 valence electrons. The molecule has 2 unspecified atom stereocenters. The van der Waals surface area contributed by atoms with Crippen molar-refractivity contribution in [2.75, 3.05) is 13.6 Å². The van der Waals surface area contributed by atoms with Crippen molar-refractivity contribution in [3.05, 3.63) is 35.9 Å². The quantitative estimate of drug-likeness (QED) is 0.781. The summed E-state index contributed by atoms with van der Waals surface area (Å²) in [7, 11) is 1.76. The first kappa shape index (κ1) is 13.8. The van der Waals surface area contributed by atoms with Crippen molar-refractivity contribution in [2.45, 2.75) is 31.3 Å². The number of carbonyl (C=O) groups is 2. The van der Waals surface area contributed by atoms with E-state index in [1.807, 2.05) is 18.2 Å². The Hall–Kier alpha value is -2.17. The van der Waals surface area contributed by atoms with E-state index in [-0.39, 0.29) is 24.2 Å². The highest BCUT2D eigenvalue weighted by atomic mass is 16.2. The van der Waals surface area contributed by atoms with E-state index in [4.69, 9.17) is 0 Å². The summed E-state index contributed by atoms with van der Waals surface area (Å²) in [6.07, 6.45) is 3.67. The molecule has 5 nitrogen and oxygen atoms in total. The lowest BCUT2D eigenvalue weighted by Crippen LogP contribution is -2.62. The average Bonchev–Trinajstić information content (AvgIpc) is 2.50. The van der Waals surface area contributed by atoms with Crippen molar-refractivity contribution in [3.63, 3.8) is 0 Å². The van der Waals surface area contributed by atoms with Gasteiger partial charge < -0.3 is 4.90 Å². The molecular weight excluding hydrogens is 266 g/mol. The van der Waals surface area contributed by atoms with Crippen molar-refractivity contribution in [1.82, 2.24) is 9.91 Å². The Labute approximate surface area is 124 Å². The normalized spacial score (nSPS) is 25.2. The van der Waals surface area contributed by atoms with Gasteiger partial charge in [0, 0.05) is 26.2 Å². The number of carbonyl (C=O) groups excluding carboxylic acids is 2. The predicted octanol–water partition coefficient (Wildman–Crippen LogP) is 1.09. The molecule has 1 amide bonds. The molecule has 1 aromatic carbocycles. The number of hydrogen-bond donors (Lipinski definition) is 0. The molecule has 2 aliphatic heterocycles. The third-order valence-corrected chi connectivity index (χ3v) is 4.15. The minimum atomic E-state index is -0.713. The number of rotatable bonds is 3. The zero-order valence-electron chi connectivity index (χ0n) is 12.1. The van der Waals surface area contributed by atoms with Crippen LogP contribution in [0.25, 0.3) is 0 Å². The van der Waals surface area contributed by atoms with Gasteiger partial charge in [-0.25, -0.2) is 0 Å². The Morgan fingerprint density at radius 1 is 1.24 bits per heavy atom. The van der Waals surface area contributed by atoms with Crippen molar-refractivity contribution in [2.24, 2.45) is 5.10 Å². The lowest BCUT2D eigenvalue weighted by Gasteiger charge is -2.43. The maximum Gasteiger partial charge on any atom is 0.254 e. The van der Waals surface area contributed by atoms with Crippen LogP contribution >= 0.6 is 0 Å². The molecule has 2 atom stereocenters. The molecule has 2 aliphatic rings. The highest BCUT2D eigenvalue weighted by Crippen LogP contribution is 2.24. The van der Waals surface area contributed by atoms with E-state index in [1.165, 1.54) is 5.56 Å². The Bertz CT molecular complexity index is 570. The lowest BCUT2D eigenvalue weighted by molar-refractivity contribution is -0.150. The minimum absolute atomic E-state index is 0.0498. The number of Topliss-reactive ketones (excluding diaryl/α,β-unsaturated/α-hetero) is 1. The standard InChI is InChI=1S/C16H19N3O2/c1-18-11-13(8-7-12-5-3-2-4-6-12)19-15(16(18)21)14(20)9-10-17-19/h2-6,10,13,15H,7-9,11H2,1H3. The Balaban J connectivity index is 1.75. The monoisotopic (exact) mass is 285 g/mol. The van der Waals surface area contributed by atoms with Gasteiger partial charge in [0.1, 0.15) is 0 Å². The summed E-state index contributed by atoms with van der Waals surface area (Å²) in [4.78, 5) is 25.9.